The van der Waals surface area contributed by atoms with Crippen LogP contribution in [0.1, 0.15) is 258 Å². The lowest BCUT2D eigenvalue weighted by Gasteiger charge is -2.25. The molecule has 0 saturated carbocycles. The molecule has 0 aliphatic heterocycles. The molecule has 0 bridgehead atoms. The third-order valence-electron chi connectivity index (χ3n) is 15.6. The minimum atomic E-state index is -1.54. The number of carboxylic acids is 1. The number of carboxylic acid groups (broad SMARTS) is 1. The third-order valence-corrected chi connectivity index (χ3v) is 15.6. The minimum absolute atomic E-state index is 0.169. The van der Waals surface area contributed by atoms with Crippen LogP contribution in [0.5, 0.6) is 0 Å². The highest BCUT2D eigenvalue weighted by Gasteiger charge is 2.25. The molecule has 562 valence electrons. The van der Waals surface area contributed by atoms with Gasteiger partial charge < -0.3 is 28.5 Å². The largest absolute Gasteiger partial charge is 0.477 e. The molecule has 0 saturated heterocycles. The number of esters is 2. The van der Waals surface area contributed by atoms with E-state index >= 15 is 0 Å². The number of quaternary nitrogens is 1. The number of ether oxygens (including phenoxy) is 4. The zero-order valence-corrected chi connectivity index (χ0v) is 64.2. The standard InChI is InChI=1S/C92H141NO8/c1-6-8-10-12-14-16-18-20-22-24-26-28-30-32-34-36-38-40-42-43-44-45-46-47-49-51-53-55-57-59-61-63-65-67-69-71-73-75-77-79-81-83-90(95)101-88(87-100-92(91(96)97)98-85-84-93(3,4)5)86-99-89(94)82-80-78-76-74-72-70-68-66-64-62-60-58-56-54-52-50-48-41-39-37-35-33-31-29-27-25-23-21-19-17-15-13-11-9-7-2/h8-11,14-17,20-23,26-29,32-35,38-41,43-44,46-47,50-53,56-59,62,64,68,70,88,92H,6-7,12-13,18-19,24-25,30-31,36-37,42,45,48-49,54-55,60-61,63,65-67,69,71-87H2,1-5H3/p+1/b10-8-,11-9-,16-14-,17-15-,22-20-,23-21-,28-26-,29-27-,34-32-,35-33-,40-38-,41-39-,44-43-,47-46-,52-50-,53-51-,58-56-,59-57-,64-62-,70-68-. The summed E-state index contributed by atoms with van der Waals surface area (Å²) in [6.45, 7) is 4.58. The van der Waals surface area contributed by atoms with Gasteiger partial charge in [0.15, 0.2) is 6.10 Å². The van der Waals surface area contributed by atoms with Crippen molar-refractivity contribution in [2.75, 3.05) is 47.5 Å². The molecule has 2 atom stereocenters. The van der Waals surface area contributed by atoms with Crippen LogP contribution in [0.3, 0.4) is 0 Å². The molecule has 0 spiro atoms. The van der Waals surface area contributed by atoms with Crippen molar-refractivity contribution in [3.05, 3.63) is 243 Å². The van der Waals surface area contributed by atoms with Crippen LogP contribution in [0, 0.1) is 0 Å². The van der Waals surface area contributed by atoms with E-state index in [4.69, 9.17) is 18.9 Å². The van der Waals surface area contributed by atoms with Crippen LogP contribution in [-0.2, 0) is 33.3 Å². The molecule has 1 N–H and O–H groups in total. The lowest BCUT2D eigenvalue weighted by molar-refractivity contribution is -0.870. The van der Waals surface area contributed by atoms with Crippen LogP contribution in [0.15, 0.2) is 243 Å². The molecule has 0 fully saturated rings. The van der Waals surface area contributed by atoms with E-state index in [0.29, 0.717) is 23.9 Å². The lowest BCUT2D eigenvalue weighted by Crippen LogP contribution is -2.40. The van der Waals surface area contributed by atoms with Crippen molar-refractivity contribution in [3.63, 3.8) is 0 Å². The highest BCUT2D eigenvalue weighted by Crippen LogP contribution is 2.15. The summed E-state index contributed by atoms with van der Waals surface area (Å²) < 4.78 is 23.0. The van der Waals surface area contributed by atoms with Crippen molar-refractivity contribution >= 4 is 17.9 Å². The highest BCUT2D eigenvalue weighted by atomic mass is 16.7. The molecule has 9 heteroatoms. The third kappa shape index (κ3) is 80.3. The average molecular weight is 1390 g/mol. The van der Waals surface area contributed by atoms with Crippen LogP contribution in [-0.4, -0.2) is 87.4 Å². The second kappa shape index (κ2) is 78.8. The Balaban J connectivity index is 4.22. The fraction of sp³-hybridized carbons (Fsp3) is 0.533. The molecule has 0 aromatic carbocycles. The number of carbonyl (C=O) groups is 3. The lowest BCUT2D eigenvalue weighted by atomic mass is 10.0. The number of hydrogen-bond acceptors (Lipinski definition) is 7. The molecule has 0 aromatic heterocycles. The number of likely N-dealkylation sites (N-methyl/N-ethyl adjacent to an activating group) is 1. The second-order valence-electron chi connectivity index (χ2n) is 26.2. The number of carbonyl (C=O) groups excluding carboxylic acids is 2. The Kier molecular flexibility index (Phi) is 73.4. The van der Waals surface area contributed by atoms with Crippen molar-refractivity contribution < 1.29 is 42.9 Å². The zero-order valence-electron chi connectivity index (χ0n) is 64.2. The van der Waals surface area contributed by atoms with Gasteiger partial charge in [0.05, 0.1) is 34.4 Å². The summed E-state index contributed by atoms with van der Waals surface area (Å²) in [5, 5.41) is 9.77. The van der Waals surface area contributed by atoms with Crippen molar-refractivity contribution in [2.24, 2.45) is 0 Å². The fourth-order valence-corrected chi connectivity index (χ4v) is 9.72. The van der Waals surface area contributed by atoms with E-state index in [1.54, 1.807) is 0 Å². The van der Waals surface area contributed by atoms with Crippen LogP contribution in [0.25, 0.3) is 0 Å². The van der Waals surface area contributed by atoms with E-state index < -0.39 is 24.3 Å². The van der Waals surface area contributed by atoms with Crippen LogP contribution in [0.2, 0.25) is 0 Å². The summed E-state index contributed by atoms with van der Waals surface area (Å²) in [5.74, 6) is -2.07. The molecule has 0 aliphatic carbocycles. The minimum Gasteiger partial charge on any atom is -0.477 e. The van der Waals surface area contributed by atoms with Gasteiger partial charge in [-0.15, -0.1) is 0 Å². The maximum atomic E-state index is 13.0. The predicted octanol–water partition coefficient (Wildman–Crippen LogP) is 25.6. The maximum Gasteiger partial charge on any atom is 0.361 e. The molecule has 0 aliphatic rings. The molecule has 101 heavy (non-hydrogen) atoms. The van der Waals surface area contributed by atoms with E-state index in [-0.39, 0.29) is 38.6 Å². The Bertz CT molecular complexity index is 2570. The van der Waals surface area contributed by atoms with Gasteiger partial charge in [0.25, 0.3) is 6.29 Å². The average Bonchev–Trinajstić information content (AvgIpc) is 1.21. The number of hydrogen-bond donors (Lipinski definition) is 1. The van der Waals surface area contributed by atoms with E-state index in [9.17, 15) is 19.5 Å². The smallest absolute Gasteiger partial charge is 0.361 e. The number of allylic oxidation sites excluding steroid dienone is 40. The highest BCUT2D eigenvalue weighted by molar-refractivity contribution is 5.71. The number of nitrogens with zero attached hydrogens (tertiary/aromatic N) is 1. The van der Waals surface area contributed by atoms with Gasteiger partial charge in [0.1, 0.15) is 13.2 Å². The van der Waals surface area contributed by atoms with Gasteiger partial charge in [-0.3, -0.25) is 9.59 Å². The quantitative estimate of drug-likeness (QED) is 0.0211. The monoisotopic (exact) mass is 1390 g/mol. The summed E-state index contributed by atoms with van der Waals surface area (Å²) in [6.07, 6.45) is 124. The van der Waals surface area contributed by atoms with Crippen molar-refractivity contribution in [2.45, 2.75) is 270 Å². The molecule has 0 heterocycles. The maximum absolute atomic E-state index is 13.0. The predicted molar refractivity (Wildman–Crippen MR) is 437 cm³/mol. The SMILES string of the molecule is CC/C=C\C/C=C\C/C=C\C/C=C\C/C=C\C/C=C\C/C=C\C/C=C\C/C=C\C/C=C\CCCCCCCCCCCCC(=O)OC(COC(=O)CCCCCC/C=C\C/C=C\C/C=C\C/C=C\C/C=C\C/C=C\C/C=C\C/C=C\C/C=C\C/C=C\CC)COC(OCC[N+](C)(C)C)C(=O)O. The summed E-state index contributed by atoms with van der Waals surface area (Å²) in [6, 6.07) is 0. The molecular formula is C92H142NO8+. The van der Waals surface area contributed by atoms with E-state index in [1.807, 2.05) is 21.1 Å². The molecule has 2 unspecified atom stereocenters. The van der Waals surface area contributed by atoms with Gasteiger partial charge in [-0.1, -0.05) is 321 Å². The molecule has 9 nitrogen and oxygen atoms in total. The molecular weight excluding hydrogens is 1250 g/mol. The van der Waals surface area contributed by atoms with E-state index in [2.05, 4.69) is 257 Å². The zero-order chi connectivity index (χ0) is 73.2. The number of aliphatic carboxylic acids is 1. The first kappa shape index (κ1) is 94.1. The normalized spacial score (nSPS) is 14.0. The van der Waals surface area contributed by atoms with Gasteiger partial charge in [-0.05, 0) is 167 Å². The van der Waals surface area contributed by atoms with Gasteiger partial charge in [0.2, 0.25) is 0 Å². The van der Waals surface area contributed by atoms with Crippen LogP contribution >= 0.6 is 0 Å². The molecule has 0 amide bonds. The Morgan fingerprint density at radius 1 is 0.297 bits per heavy atom. The van der Waals surface area contributed by atoms with Crippen molar-refractivity contribution in [3.8, 4) is 0 Å². The Labute approximate surface area is 618 Å². The second-order valence-corrected chi connectivity index (χ2v) is 26.2. The number of rotatable bonds is 69. The van der Waals surface area contributed by atoms with Crippen molar-refractivity contribution in [1.82, 2.24) is 0 Å². The molecule has 0 aromatic rings. The molecule has 0 radical (unpaired) electrons. The summed E-state index contributed by atoms with van der Waals surface area (Å²) in [5.41, 5.74) is 0. The van der Waals surface area contributed by atoms with E-state index in [1.165, 1.54) is 38.5 Å². The Morgan fingerprint density at radius 3 is 0.792 bits per heavy atom. The topological polar surface area (TPSA) is 108 Å². The van der Waals surface area contributed by atoms with E-state index in [0.717, 1.165) is 180 Å². The van der Waals surface area contributed by atoms with Crippen LogP contribution < -0.4 is 0 Å². The van der Waals surface area contributed by atoms with Gasteiger partial charge in [-0.25, -0.2) is 4.79 Å². The first-order chi connectivity index (χ1) is 49.6. The first-order valence-electron chi connectivity index (χ1n) is 39.2. The van der Waals surface area contributed by atoms with Gasteiger partial charge in [0, 0.05) is 12.8 Å². The Morgan fingerprint density at radius 2 is 0.535 bits per heavy atom. The molecule has 0 rings (SSSR count). The Hall–Kier alpha value is -6.91. The fourth-order valence-electron chi connectivity index (χ4n) is 9.72. The first-order valence-corrected chi connectivity index (χ1v) is 39.2. The summed E-state index contributed by atoms with van der Waals surface area (Å²) >= 11 is 0. The van der Waals surface area contributed by atoms with Crippen LogP contribution in [0.4, 0.5) is 0 Å². The van der Waals surface area contributed by atoms with Gasteiger partial charge in [-0.2, -0.15) is 0 Å². The summed E-state index contributed by atoms with van der Waals surface area (Å²) in [7, 11) is 5.95. The number of unbranched alkanes of at least 4 members (excludes halogenated alkanes) is 14. The summed E-state index contributed by atoms with van der Waals surface area (Å²) in [4.78, 5) is 37.7. The van der Waals surface area contributed by atoms with Crippen molar-refractivity contribution in [1.29, 1.82) is 0 Å². The van der Waals surface area contributed by atoms with Gasteiger partial charge >= 0.3 is 17.9 Å².